The highest BCUT2D eigenvalue weighted by molar-refractivity contribution is 4.64. The summed E-state index contributed by atoms with van der Waals surface area (Å²) in [6.07, 6.45) is 3.94. The molecule has 0 aromatic carbocycles. The molecule has 0 spiro atoms. The first-order valence-corrected chi connectivity index (χ1v) is 6.70. The Morgan fingerprint density at radius 1 is 1.19 bits per heavy atom. The van der Waals surface area contributed by atoms with E-state index in [1.165, 1.54) is 12.8 Å². The fourth-order valence-corrected chi connectivity index (χ4v) is 1.53. The standard InChI is InChI=1S/C14H31NO/c1-7-8-12(2)15-11-13(3)16-10-9-14(4,5)6/h12-13,15H,7-11H2,1-6H3. The van der Waals surface area contributed by atoms with Crippen LogP contribution in [0.25, 0.3) is 0 Å². The molecule has 16 heavy (non-hydrogen) atoms. The molecule has 2 atom stereocenters. The molecule has 0 saturated carbocycles. The maximum atomic E-state index is 5.78. The summed E-state index contributed by atoms with van der Waals surface area (Å²) >= 11 is 0. The molecule has 2 heteroatoms. The average Bonchev–Trinajstić information content (AvgIpc) is 2.13. The predicted octanol–water partition coefficient (Wildman–Crippen LogP) is 3.61. The molecule has 2 unspecified atom stereocenters. The molecular weight excluding hydrogens is 198 g/mol. The van der Waals surface area contributed by atoms with E-state index in [0.717, 1.165) is 19.6 Å². The molecular formula is C14H31NO. The zero-order chi connectivity index (χ0) is 12.6. The summed E-state index contributed by atoms with van der Waals surface area (Å²) in [4.78, 5) is 0. The van der Waals surface area contributed by atoms with Crippen molar-refractivity contribution in [2.24, 2.45) is 5.41 Å². The molecule has 0 rings (SSSR count). The second kappa shape index (κ2) is 8.08. The summed E-state index contributed by atoms with van der Waals surface area (Å²) in [6, 6.07) is 0.610. The van der Waals surface area contributed by atoms with Gasteiger partial charge in [0.25, 0.3) is 0 Å². The van der Waals surface area contributed by atoms with Crippen LogP contribution in [0.15, 0.2) is 0 Å². The van der Waals surface area contributed by atoms with E-state index in [0.29, 0.717) is 17.6 Å². The van der Waals surface area contributed by atoms with E-state index in [1.54, 1.807) is 0 Å². The van der Waals surface area contributed by atoms with Crippen molar-refractivity contribution in [1.29, 1.82) is 0 Å². The minimum Gasteiger partial charge on any atom is -0.377 e. The van der Waals surface area contributed by atoms with Gasteiger partial charge in [0.2, 0.25) is 0 Å². The molecule has 0 aliphatic carbocycles. The van der Waals surface area contributed by atoms with Crippen molar-refractivity contribution < 1.29 is 4.74 Å². The van der Waals surface area contributed by atoms with Crippen molar-refractivity contribution in [2.45, 2.75) is 73.0 Å². The second-order valence-electron chi connectivity index (χ2n) is 6.09. The van der Waals surface area contributed by atoms with Gasteiger partial charge in [0.1, 0.15) is 0 Å². The summed E-state index contributed by atoms with van der Waals surface area (Å²) < 4.78 is 5.78. The number of hydrogen-bond donors (Lipinski definition) is 1. The molecule has 2 nitrogen and oxygen atoms in total. The first-order chi connectivity index (χ1) is 7.35. The maximum Gasteiger partial charge on any atom is 0.0671 e. The Morgan fingerprint density at radius 3 is 2.31 bits per heavy atom. The molecule has 0 radical (unpaired) electrons. The maximum absolute atomic E-state index is 5.78. The van der Waals surface area contributed by atoms with Gasteiger partial charge >= 0.3 is 0 Å². The zero-order valence-corrected chi connectivity index (χ0v) is 12.1. The third-order valence-corrected chi connectivity index (χ3v) is 2.73. The number of rotatable bonds is 8. The van der Waals surface area contributed by atoms with Gasteiger partial charge < -0.3 is 10.1 Å². The van der Waals surface area contributed by atoms with Crippen LogP contribution in [0, 0.1) is 5.41 Å². The Kier molecular flexibility index (Phi) is 8.04. The highest BCUT2D eigenvalue weighted by atomic mass is 16.5. The van der Waals surface area contributed by atoms with Gasteiger partial charge in [-0.05, 0) is 32.1 Å². The van der Waals surface area contributed by atoms with Crippen molar-refractivity contribution in [3.8, 4) is 0 Å². The van der Waals surface area contributed by atoms with Crippen molar-refractivity contribution in [3.63, 3.8) is 0 Å². The van der Waals surface area contributed by atoms with Crippen LogP contribution in [0.5, 0.6) is 0 Å². The summed E-state index contributed by atoms with van der Waals surface area (Å²) in [5.41, 5.74) is 0.378. The zero-order valence-electron chi connectivity index (χ0n) is 12.1. The van der Waals surface area contributed by atoms with Crippen LogP contribution in [0.1, 0.15) is 60.8 Å². The topological polar surface area (TPSA) is 21.3 Å². The lowest BCUT2D eigenvalue weighted by Crippen LogP contribution is -2.34. The molecule has 0 saturated heterocycles. The van der Waals surface area contributed by atoms with Crippen molar-refractivity contribution in [3.05, 3.63) is 0 Å². The Hall–Kier alpha value is -0.0800. The highest BCUT2D eigenvalue weighted by Crippen LogP contribution is 2.18. The Labute approximate surface area is 102 Å². The summed E-state index contributed by atoms with van der Waals surface area (Å²) in [5, 5.41) is 3.51. The minimum atomic E-state index is 0.321. The minimum absolute atomic E-state index is 0.321. The van der Waals surface area contributed by atoms with Crippen molar-refractivity contribution >= 4 is 0 Å². The van der Waals surface area contributed by atoms with E-state index >= 15 is 0 Å². The van der Waals surface area contributed by atoms with Gasteiger partial charge in [-0.25, -0.2) is 0 Å². The van der Waals surface area contributed by atoms with E-state index in [9.17, 15) is 0 Å². The van der Waals surface area contributed by atoms with Gasteiger partial charge in [0.05, 0.1) is 6.10 Å². The Bertz CT molecular complexity index is 163. The molecule has 0 fully saturated rings. The third kappa shape index (κ3) is 10.4. The summed E-state index contributed by atoms with van der Waals surface area (Å²) in [7, 11) is 0. The predicted molar refractivity (Wildman–Crippen MR) is 71.9 cm³/mol. The Balaban J connectivity index is 3.48. The first kappa shape index (κ1) is 15.9. The van der Waals surface area contributed by atoms with Gasteiger partial charge in [-0.2, -0.15) is 0 Å². The van der Waals surface area contributed by atoms with Crippen LogP contribution in [0.3, 0.4) is 0 Å². The molecule has 0 amide bonds. The fraction of sp³-hybridized carbons (Fsp3) is 1.00. The van der Waals surface area contributed by atoms with Gasteiger partial charge in [-0.15, -0.1) is 0 Å². The monoisotopic (exact) mass is 229 g/mol. The second-order valence-corrected chi connectivity index (χ2v) is 6.09. The summed E-state index contributed by atoms with van der Waals surface area (Å²) in [6.45, 7) is 15.2. The fourth-order valence-electron chi connectivity index (χ4n) is 1.53. The quantitative estimate of drug-likeness (QED) is 0.686. The molecule has 0 aliphatic heterocycles. The normalized spacial score (nSPS) is 16.1. The molecule has 98 valence electrons. The van der Waals surface area contributed by atoms with Gasteiger partial charge in [0, 0.05) is 19.2 Å². The van der Waals surface area contributed by atoms with Gasteiger partial charge in [-0.1, -0.05) is 34.1 Å². The van der Waals surface area contributed by atoms with Gasteiger partial charge in [-0.3, -0.25) is 0 Å². The number of hydrogen-bond acceptors (Lipinski definition) is 2. The van der Waals surface area contributed by atoms with Crippen LogP contribution < -0.4 is 5.32 Å². The van der Waals surface area contributed by atoms with Crippen LogP contribution >= 0.6 is 0 Å². The van der Waals surface area contributed by atoms with Crippen LogP contribution in [0.2, 0.25) is 0 Å². The van der Waals surface area contributed by atoms with Crippen LogP contribution in [-0.2, 0) is 4.74 Å². The third-order valence-electron chi connectivity index (χ3n) is 2.73. The van der Waals surface area contributed by atoms with E-state index in [1.807, 2.05) is 0 Å². The molecule has 0 aliphatic rings. The molecule has 1 N–H and O–H groups in total. The lowest BCUT2D eigenvalue weighted by Gasteiger charge is -2.21. The molecule has 0 heterocycles. The number of ether oxygens (including phenoxy) is 1. The lowest BCUT2D eigenvalue weighted by atomic mass is 9.93. The lowest BCUT2D eigenvalue weighted by molar-refractivity contribution is 0.0477. The largest absolute Gasteiger partial charge is 0.377 e. The van der Waals surface area contributed by atoms with Crippen LogP contribution in [-0.4, -0.2) is 25.3 Å². The van der Waals surface area contributed by atoms with E-state index in [-0.39, 0.29) is 0 Å². The van der Waals surface area contributed by atoms with Crippen LogP contribution in [0.4, 0.5) is 0 Å². The highest BCUT2D eigenvalue weighted by Gasteiger charge is 2.11. The molecule has 0 aromatic rings. The van der Waals surface area contributed by atoms with Crippen molar-refractivity contribution in [1.82, 2.24) is 5.32 Å². The smallest absolute Gasteiger partial charge is 0.0671 e. The number of nitrogens with one attached hydrogen (secondary N) is 1. The SMILES string of the molecule is CCCC(C)NCC(C)OCCC(C)(C)C. The first-order valence-electron chi connectivity index (χ1n) is 6.70. The molecule has 0 aromatic heterocycles. The van der Waals surface area contributed by atoms with Gasteiger partial charge in [0.15, 0.2) is 0 Å². The van der Waals surface area contributed by atoms with E-state index in [4.69, 9.17) is 4.74 Å². The van der Waals surface area contributed by atoms with E-state index in [2.05, 4.69) is 46.9 Å². The summed E-state index contributed by atoms with van der Waals surface area (Å²) in [5.74, 6) is 0. The van der Waals surface area contributed by atoms with E-state index < -0.39 is 0 Å². The molecule has 0 bridgehead atoms. The average molecular weight is 229 g/mol. The Morgan fingerprint density at radius 2 is 1.81 bits per heavy atom. The van der Waals surface area contributed by atoms with Crippen molar-refractivity contribution in [2.75, 3.05) is 13.2 Å².